The summed E-state index contributed by atoms with van der Waals surface area (Å²) in [4.78, 5) is 19.2. The second-order valence-corrected chi connectivity index (χ2v) is 9.26. The third-order valence-corrected chi connectivity index (χ3v) is 6.19. The molecule has 0 radical (unpaired) electrons. The first-order valence-electron chi connectivity index (χ1n) is 10.8. The monoisotopic (exact) mass is 435 g/mol. The van der Waals surface area contributed by atoms with Crippen LogP contribution < -0.4 is 5.32 Å². The highest BCUT2D eigenvalue weighted by Gasteiger charge is 2.24. The predicted molar refractivity (Wildman–Crippen MR) is 126 cm³/mol. The van der Waals surface area contributed by atoms with Crippen LogP contribution in [0.2, 0.25) is 0 Å². The molecule has 1 saturated heterocycles. The van der Waals surface area contributed by atoms with Crippen molar-refractivity contribution < 1.29 is 9.53 Å². The van der Waals surface area contributed by atoms with Gasteiger partial charge in [0.25, 0.3) is 0 Å². The van der Waals surface area contributed by atoms with E-state index in [0.717, 1.165) is 48.2 Å². The molecule has 31 heavy (non-hydrogen) atoms. The molecule has 2 heterocycles. The number of nitrogens with one attached hydrogen (secondary N) is 1. The van der Waals surface area contributed by atoms with Crippen molar-refractivity contribution >= 4 is 22.9 Å². The fourth-order valence-electron chi connectivity index (χ4n) is 3.71. The molecule has 0 aliphatic carbocycles. The van der Waals surface area contributed by atoms with Crippen molar-refractivity contribution in [1.29, 1.82) is 0 Å². The van der Waals surface area contributed by atoms with Crippen LogP contribution in [-0.2, 0) is 16.1 Å². The largest absolute Gasteiger partial charge is 0.368 e. The summed E-state index contributed by atoms with van der Waals surface area (Å²) in [6.07, 6.45) is 0.533. The zero-order valence-electron chi connectivity index (χ0n) is 18.1. The highest BCUT2D eigenvalue weighted by atomic mass is 32.1. The number of morpholine rings is 1. The second-order valence-electron chi connectivity index (χ2n) is 8.37. The molecule has 1 fully saturated rings. The maximum Gasteiger partial charge on any atom is 0.224 e. The Morgan fingerprint density at radius 1 is 1.19 bits per heavy atom. The molecule has 1 aromatic heterocycles. The number of benzene rings is 2. The van der Waals surface area contributed by atoms with Crippen LogP contribution in [-0.4, -0.2) is 35.5 Å². The van der Waals surface area contributed by atoms with Crippen molar-refractivity contribution in [2.75, 3.05) is 25.0 Å². The zero-order chi connectivity index (χ0) is 21.6. The Labute approximate surface area is 188 Å². The molecule has 6 heteroatoms. The Morgan fingerprint density at radius 3 is 2.71 bits per heavy atom. The van der Waals surface area contributed by atoms with Gasteiger partial charge in [0.2, 0.25) is 5.91 Å². The summed E-state index contributed by atoms with van der Waals surface area (Å²) in [5, 5.41) is 6.05. The van der Waals surface area contributed by atoms with E-state index in [2.05, 4.69) is 45.9 Å². The molecule has 1 N–H and O–H groups in total. The third kappa shape index (κ3) is 6.00. The summed E-state index contributed by atoms with van der Waals surface area (Å²) >= 11 is 1.65. The lowest BCUT2D eigenvalue weighted by Gasteiger charge is -2.32. The smallest absolute Gasteiger partial charge is 0.224 e. The molecular formula is C25H29N3O2S. The first-order valence-corrected chi connectivity index (χ1v) is 11.7. The van der Waals surface area contributed by atoms with E-state index in [1.54, 1.807) is 11.3 Å². The van der Waals surface area contributed by atoms with Crippen LogP contribution in [0.15, 0.2) is 60.0 Å². The molecule has 5 nitrogen and oxygen atoms in total. The lowest BCUT2D eigenvalue weighted by molar-refractivity contribution is -0.116. The summed E-state index contributed by atoms with van der Waals surface area (Å²) < 4.78 is 6.03. The highest BCUT2D eigenvalue weighted by molar-refractivity contribution is 7.10. The minimum atomic E-state index is 0.00538. The molecule has 1 aliphatic heterocycles. The molecule has 162 valence electrons. The minimum absolute atomic E-state index is 0.00538. The van der Waals surface area contributed by atoms with Crippen LogP contribution in [0.25, 0.3) is 11.3 Å². The van der Waals surface area contributed by atoms with Gasteiger partial charge in [-0.3, -0.25) is 9.69 Å². The van der Waals surface area contributed by atoms with Gasteiger partial charge >= 0.3 is 0 Å². The van der Waals surface area contributed by atoms with Gasteiger partial charge in [-0.1, -0.05) is 56.3 Å². The van der Waals surface area contributed by atoms with E-state index in [1.807, 2.05) is 38.1 Å². The number of nitrogens with zero attached hydrogens (tertiary/aromatic N) is 2. The average molecular weight is 436 g/mol. The molecule has 0 spiro atoms. The molecule has 0 unspecified atom stereocenters. The van der Waals surface area contributed by atoms with Crippen LogP contribution in [0.5, 0.6) is 0 Å². The maximum absolute atomic E-state index is 12.0. The lowest BCUT2D eigenvalue weighted by atomic mass is 10.1. The molecule has 0 bridgehead atoms. The minimum Gasteiger partial charge on any atom is -0.368 e. The highest BCUT2D eigenvalue weighted by Crippen LogP contribution is 2.30. The number of hydrogen-bond donors (Lipinski definition) is 1. The van der Waals surface area contributed by atoms with E-state index in [1.165, 1.54) is 5.56 Å². The molecule has 1 amide bonds. The van der Waals surface area contributed by atoms with Crippen molar-refractivity contribution in [3.8, 4) is 11.3 Å². The molecule has 1 aliphatic rings. The van der Waals surface area contributed by atoms with Gasteiger partial charge in [-0.25, -0.2) is 4.98 Å². The molecule has 0 saturated carbocycles. The number of anilines is 1. The zero-order valence-corrected chi connectivity index (χ0v) is 18.9. The Kier molecular flexibility index (Phi) is 7.12. The van der Waals surface area contributed by atoms with E-state index in [4.69, 9.17) is 9.72 Å². The van der Waals surface area contributed by atoms with Gasteiger partial charge < -0.3 is 10.1 Å². The van der Waals surface area contributed by atoms with Crippen LogP contribution in [0.3, 0.4) is 0 Å². The van der Waals surface area contributed by atoms with Gasteiger partial charge in [0, 0.05) is 42.7 Å². The SMILES string of the molecule is CC(C)CC(=O)Nc1ccc(-c2csc([C@H]3CN(Cc4ccccc4)CCO3)n2)cc1. The van der Waals surface area contributed by atoms with Crippen LogP contribution >= 0.6 is 11.3 Å². The number of aromatic nitrogens is 1. The molecule has 3 aromatic rings. The predicted octanol–water partition coefficient (Wildman–Crippen LogP) is 5.37. The van der Waals surface area contributed by atoms with Crippen LogP contribution in [0.1, 0.15) is 36.9 Å². The van der Waals surface area contributed by atoms with Crippen LogP contribution in [0.4, 0.5) is 5.69 Å². The van der Waals surface area contributed by atoms with Crippen molar-refractivity contribution in [3.05, 3.63) is 70.5 Å². The summed E-state index contributed by atoms with van der Waals surface area (Å²) in [6.45, 7) is 7.52. The Bertz CT molecular complexity index is 986. The Morgan fingerprint density at radius 2 is 1.97 bits per heavy atom. The molecule has 4 rings (SSSR count). The van der Waals surface area contributed by atoms with Crippen molar-refractivity contribution in [3.63, 3.8) is 0 Å². The third-order valence-electron chi connectivity index (χ3n) is 5.26. The number of carbonyl (C=O) groups is 1. The molecule has 2 aromatic carbocycles. The summed E-state index contributed by atoms with van der Waals surface area (Å²) in [5.41, 5.74) is 4.13. The van der Waals surface area contributed by atoms with Crippen molar-refractivity contribution in [2.45, 2.75) is 32.9 Å². The molecular weight excluding hydrogens is 406 g/mol. The lowest BCUT2D eigenvalue weighted by Crippen LogP contribution is -2.37. The summed E-state index contributed by atoms with van der Waals surface area (Å²) in [6, 6.07) is 18.4. The van der Waals surface area contributed by atoms with E-state index < -0.39 is 0 Å². The fourth-order valence-corrected chi connectivity index (χ4v) is 4.58. The summed E-state index contributed by atoms with van der Waals surface area (Å²) in [7, 11) is 0. The van der Waals surface area contributed by atoms with Crippen molar-refractivity contribution in [1.82, 2.24) is 9.88 Å². The van der Waals surface area contributed by atoms with E-state index >= 15 is 0 Å². The Balaban J connectivity index is 1.38. The number of carbonyl (C=O) groups excluding carboxylic acids is 1. The van der Waals surface area contributed by atoms with Gasteiger partial charge in [-0.15, -0.1) is 11.3 Å². The quantitative estimate of drug-likeness (QED) is 0.542. The topological polar surface area (TPSA) is 54.5 Å². The van der Waals surface area contributed by atoms with E-state index in [0.29, 0.717) is 12.3 Å². The fraction of sp³-hybridized carbons (Fsp3) is 0.360. The van der Waals surface area contributed by atoms with E-state index in [-0.39, 0.29) is 12.0 Å². The number of amides is 1. The van der Waals surface area contributed by atoms with Crippen molar-refractivity contribution in [2.24, 2.45) is 5.92 Å². The maximum atomic E-state index is 12.0. The van der Waals surface area contributed by atoms with Gasteiger partial charge in [0.05, 0.1) is 12.3 Å². The van der Waals surface area contributed by atoms with Gasteiger partial charge in [0.15, 0.2) is 0 Å². The van der Waals surface area contributed by atoms with Crippen LogP contribution in [0, 0.1) is 5.92 Å². The average Bonchev–Trinajstić information content (AvgIpc) is 3.25. The summed E-state index contributed by atoms with van der Waals surface area (Å²) in [5.74, 6) is 0.395. The first kappa shape index (κ1) is 21.7. The normalized spacial score (nSPS) is 17.1. The van der Waals surface area contributed by atoms with E-state index in [9.17, 15) is 4.79 Å². The number of ether oxygens (including phenoxy) is 1. The second kappa shape index (κ2) is 10.2. The number of thiazole rings is 1. The van der Waals surface area contributed by atoms with Gasteiger partial charge in [0.1, 0.15) is 11.1 Å². The van der Waals surface area contributed by atoms with Gasteiger partial charge in [-0.05, 0) is 23.6 Å². The standard InChI is InChI=1S/C25H29N3O2S/c1-18(2)14-24(29)26-21-10-8-20(9-11-21)22-17-31-25(27-22)23-16-28(12-13-30-23)15-19-6-4-3-5-7-19/h3-11,17-18,23H,12-16H2,1-2H3,(H,26,29)/t23-/m1/s1. The molecule has 1 atom stereocenters. The Hall–Kier alpha value is -2.54. The first-order chi connectivity index (χ1) is 15.1. The number of rotatable bonds is 7. The van der Waals surface area contributed by atoms with Gasteiger partial charge in [-0.2, -0.15) is 0 Å². The number of hydrogen-bond acceptors (Lipinski definition) is 5.